The summed E-state index contributed by atoms with van der Waals surface area (Å²) >= 11 is 0. The van der Waals surface area contributed by atoms with E-state index in [9.17, 15) is 22.8 Å². The first-order valence-electron chi connectivity index (χ1n) is 15.0. The molecule has 250 valence electrons. The molecule has 12 heteroatoms. The van der Waals surface area contributed by atoms with Crippen LogP contribution in [0.5, 0.6) is 11.5 Å². The number of methoxy groups -OCH3 is 4. The monoisotopic (exact) mass is 645 g/mol. The number of hydrogen-bond acceptors (Lipinski definition) is 9. The number of benzene rings is 2. The molecule has 2 aliphatic rings. The molecule has 0 radical (unpaired) electrons. The maximum Gasteiger partial charge on any atom is 0.416 e. The van der Waals surface area contributed by atoms with Crippen LogP contribution in [-0.4, -0.2) is 95.9 Å². The molecule has 0 bridgehead atoms. The number of fused-ring (bicyclic) bond motifs is 1. The van der Waals surface area contributed by atoms with E-state index in [1.165, 1.54) is 31.9 Å². The molecular formula is C34H42F3N3O6. The summed E-state index contributed by atoms with van der Waals surface area (Å²) in [6, 6.07) is 8.54. The third-order valence-electron chi connectivity index (χ3n) is 8.65. The van der Waals surface area contributed by atoms with E-state index in [0.717, 1.165) is 30.7 Å². The van der Waals surface area contributed by atoms with Crippen molar-refractivity contribution in [3.8, 4) is 11.5 Å². The summed E-state index contributed by atoms with van der Waals surface area (Å²) in [5.41, 5.74) is 3.48. The van der Waals surface area contributed by atoms with Gasteiger partial charge in [0.15, 0.2) is 11.5 Å². The fraction of sp³-hybridized carbons (Fsp3) is 0.471. The smallest absolute Gasteiger partial charge is 0.416 e. The summed E-state index contributed by atoms with van der Waals surface area (Å²) < 4.78 is 61.9. The lowest BCUT2D eigenvalue weighted by atomic mass is 9.78. The van der Waals surface area contributed by atoms with Gasteiger partial charge < -0.3 is 28.7 Å². The van der Waals surface area contributed by atoms with Gasteiger partial charge in [-0.1, -0.05) is 12.1 Å². The van der Waals surface area contributed by atoms with Gasteiger partial charge >= 0.3 is 18.1 Å². The third-order valence-corrected chi connectivity index (χ3v) is 8.65. The van der Waals surface area contributed by atoms with Crippen molar-refractivity contribution in [1.29, 1.82) is 0 Å². The largest absolute Gasteiger partial charge is 0.493 e. The molecule has 46 heavy (non-hydrogen) atoms. The van der Waals surface area contributed by atoms with Gasteiger partial charge in [-0.3, -0.25) is 4.90 Å². The quantitative estimate of drug-likeness (QED) is 0.314. The molecule has 0 aromatic heterocycles. The fourth-order valence-corrected chi connectivity index (χ4v) is 6.22. The third kappa shape index (κ3) is 7.33. The Bertz CT molecular complexity index is 1500. The Balaban J connectivity index is 1.79. The van der Waals surface area contributed by atoms with Gasteiger partial charge in [0.05, 0.1) is 51.1 Å². The molecule has 2 aromatic rings. The Morgan fingerprint density at radius 3 is 1.91 bits per heavy atom. The van der Waals surface area contributed by atoms with Crippen molar-refractivity contribution in [2.75, 3.05) is 69.2 Å². The van der Waals surface area contributed by atoms with Gasteiger partial charge in [-0.15, -0.1) is 0 Å². The summed E-state index contributed by atoms with van der Waals surface area (Å²) in [4.78, 5) is 33.2. The van der Waals surface area contributed by atoms with E-state index in [1.807, 2.05) is 36.0 Å². The Kier molecular flexibility index (Phi) is 11.1. The zero-order valence-corrected chi connectivity index (χ0v) is 27.4. The number of ether oxygens (including phenoxy) is 4. The van der Waals surface area contributed by atoms with Crippen molar-refractivity contribution in [3.63, 3.8) is 0 Å². The van der Waals surface area contributed by atoms with Crippen LogP contribution in [0.25, 0.3) is 0 Å². The number of carbonyl (C=O) groups excluding carboxylic acids is 2. The molecule has 2 aromatic carbocycles. The van der Waals surface area contributed by atoms with Crippen LogP contribution in [0.1, 0.15) is 41.0 Å². The first-order valence-corrected chi connectivity index (χ1v) is 15.0. The molecule has 4 rings (SSSR count). The van der Waals surface area contributed by atoms with Crippen LogP contribution in [-0.2, 0) is 38.2 Å². The average Bonchev–Trinajstić information content (AvgIpc) is 3.04. The number of alkyl halides is 3. The Hall–Kier alpha value is -4.03. The first-order chi connectivity index (χ1) is 21.8. The highest BCUT2D eigenvalue weighted by Gasteiger charge is 2.42. The molecule has 0 fully saturated rings. The van der Waals surface area contributed by atoms with E-state index in [1.54, 1.807) is 21.3 Å². The summed E-state index contributed by atoms with van der Waals surface area (Å²) in [5, 5.41) is 0. The van der Waals surface area contributed by atoms with Crippen LogP contribution >= 0.6 is 0 Å². The second-order valence-corrected chi connectivity index (χ2v) is 11.6. The molecule has 0 saturated heterocycles. The summed E-state index contributed by atoms with van der Waals surface area (Å²) in [5.74, 6) is -0.997. The minimum absolute atomic E-state index is 0.197. The predicted molar refractivity (Wildman–Crippen MR) is 166 cm³/mol. The van der Waals surface area contributed by atoms with E-state index in [-0.39, 0.29) is 11.1 Å². The van der Waals surface area contributed by atoms with Crippen molar-refractivity contribution in [1.82, 2.24) is 14.7 Å². The topological polar surface area (TPSA) is 80.8 Å². The summed E-state index contributed by atoms with van der Waals surface area (Å²) in [6.45, 7) is 2.57. The second kappa shape index (κ2) is 14.6. The van der Waals surface area contributed by atoms with Crippen molar-refractivity contribution >= 4 is 11.9 Å². The Morgan fingerprint density at radius 2 is 1.41 bits per heavy atom. The van der Waals surface area contributed by atoms with E-state index in [4.69, 9.17) is 18.9 Å². The van der Waals surface area contributed by atoms with Crippen LogP contribution in [0.4, 0.5) is 13.2 Å². The highest BCUT2D eigenvalue weighted by atomic mass is 19.4. The summed E-state index contributed by atoms with van der Waals surface area (Å²) in [7, 11) is 11.3. The van der Waals surface area contributed by atoms with E-state index in [2.05, 4.69) is 4.90 Å². The molecule has 1 unspecified atom stereocenters. The molecule has 0 amide bonds. The molecule has 0 spiro atoms. The van der Waals surface area contributed by atoms with E-state index in [0.29, 0.717) is 60.9 Å². The number of rotatable bonds is 11. The van der Waals surface area contributed by atoms with Gasteiger partial charge in [-0.05, 0) is 61.5 Å². The molecule has 0 saturated carbocycles. The lowest BCUT2D eigenvalue weighted by Gasteiger charge is -2.39. The van der Waals surface area contributed by atoms with Crippen LogP contribution in [0.15, 0.2) is 58.9 Å². The molecule has 2 heterocycles. The van der Waals surface area contributed by atoms with E-state index < -0.39 is 29.6 Å². The van der Waals surface area contributed by atoms with E-state index >= 15 is 0 Å². The zero-order valence-electron chi connectivity index (χ0n) is 27.4. The van der Waals surface area contributed by atoms with Gasteiger partial charge in [-0.25, -0.2) is 9.59 Å². The van der Waals surface area contributed by atoms with Gasteiger partial charge in [0.1, 0.15) is 0 Å². The van der Waals surface area contributed by atoms with Crippen molar-refractivity contribution in [2.45, 2.75) is 37.9 Å². The Labute approximate surface area is 268 Å². The predicted octanol–water partition coefficient (Wildman–Crippen LogP) is 5.01. The summed E-state index contributed by atoms with van der Waals surface area (Å²) in [6.07, 6.45) is -2.90. The SMILES string of the molecule is COC(=O)C1=C(CCN(C)C)N(C)C(CCN2CCc3cc(OC)c(OC)cc3C2)=C(C(=O)OC)C1c1ccc(C(F)(F)F)cc1. The number of halogens is 3. The molecular weight excluding hydrogens is 603 g/mol. The van der Waals surface area contributed by atoms with Crippen LogP contribution in [0.3, 0.4) is 0 Å². The van der Waals surface area contributed by atoms with Crippen LogP contribution in [0, 0.1) is 0 Å². The minimum atomic E-state index is -4.54. The van der Waals surface area contributed by atoms with Crippen molar-refractivity contribution in [3.05, 3.63) is 81.2 Å². The number of hydrogen-bond donors (Lipinski definition) is 0. The minimum Gasteiger partial charge on any atom is -0.493 e. The maximum atomic E-state index is 13.6. The maximum absolute atomic E-state index is 13.6. The normalized spacial score (nSPS) is 17.3. The van der Waals surface area contributed by atoms with Gasteiger partial charge in [0, 0.05) is 57.5 Å². The van der Waals surface area contributed by atoms with Crippen molar-refractivity contribution in [2.24, 2.45) is 0 Å². The highest BCUT2D eigenvalue weighted by Crippen LogP contribution is 2.45. The standard InChI is InChI=1S/C34H42F3N3O6/c1-38(2)15-13-25-30(32(41)45-6)29(21-8-10-24(11-9-21)34(35,36)37)31(33(42)46-7)26(39(25)3)14-17-40-16-12-22-18-27(43-4)28(44-5)19-23(22)20-40/h8-11,18-19,29H,12-17,20H2,1-7H3. The lowest BCUT2D eigenvalue weighted by molar-refractivity contribution is -0.139. The molecule has 9 nitrogen and oxygen atoms in total. The lowest BCUT2D eigenvalue weighted by Crippen LogP contribution is -2.38. The number of carbonyl (C=O) groups is 2. The average molecular weight is 646 g/mol. The fourth-order valence-electron chi connectivity index (χ4n) is 6.22. The van der Waals surface area contributed by atoms with Gasteiger partial charge in [0.2, 0.25) is 0 Å². The molecule has 0 aliphatic carbocycles. The van der Waals surface area contributed by atoms with Gasteiger partial charge in [-0.2, -0.15) is 13.2 Å². The number of nitrogens with zero attached hydrogens (tertiary/aromatic N) is 3. The molecule has 0 N–H and O–H groups in total. The molecule has 1 atom stereocenters. The Morgan fingerprint density at radius 1 is 0.870 bits per heavy atom. The van der Waals surface area contributed by atoms with Gasteiger partial charge in [0.25, 0.3) is 0 Å². The first kappa shape index (κ1) is 34.8. The second-order valence-electron chi connectivity index (χ2n) is 11.6. The highest BCUT2D eigenvalue weighted by molar-refractivity contribution is 6.00. The van der Waals surface area contributed by atoms with Crippen LogP contribution in [0.2, 0.25) is 0 Å². The molecule has 2 aliphatic heterocycles. The number of esters is 2. The van der Waals surface area contributed by atoms with Crippen LogP contribution < -0.4 is 9.47 Å². The zero-order chi connectivity index (χ0) is 33.8. The van der Waals surface area contributed by atoms with Crippen molar-refractivity contribution < 1.29 is 41.7 Å².